The van der Waals surface area contributed by atoms with E-state index in [1.807, 2.05) is 47.9 Å². The topological polar surface area (TPSA) is 56.5 Å². The molecule has 0 N–H and O–H groups in total. The first kappa shape index (κ1) is 16.9. The molecule has 0 saturated carbocycles. The normalized spacial score (nSPS) is 12.1. The zero-order valence-electron chi connectivity index (χ0n) is 14.2. The quantitative estimate of drug-likeness (QED) is 0.477. The van der Waals surface area contributed by atoms with Crippen molar-refractivity contribution in [1.29, 1.82) is 0 Å². The van der Waals surface area contributed by atoms with E-state index in [-0.39, 0.29) is 5.56 Å². The number of benzene rings is 1. The first-order chi connectivity index (χ1) is 12.7. The SMILES string of the molecule is CCCCOc1ccc(-c2nc3s/c(=C\c4cccs4)c(=O)n3n2)cc1. The minimum absolute atomic E-state index is 0.128. The lowest BCUT2D eigenvalue weighted by Crippen LogP contribution is -2.23. The van der Waals surface area contributed by atoms with Crippen LogP contribution in [0.15, 0.2) is 46.6 Å². The highest BCUT2D eigenvalue weighted by atomic mass is 32.1. The van der Waals surface area contributed by atoms with E-state index in [0.29, 0.717) is 15.3 Å². The van der Waals surface area contributed by atoms with Crippen LogP contribution in [-0.2, 0) is 0 Å². The highest BCUT2D eigenvalue weighted by Crippen LogP contribution is 2.20. The van der Waals surface area contributed by atoms with Crippen molar-refractivity contribution in [1.82, 2.24) is 14.6 Å². The number of aromatic nitrogens is 3. The van der Waals surface area contributed by atoms with Gasteiger partial charge in [-0.25, -0.2) is 0 Å². The Balaban J connectivity index is 1.61. The standard InChI is InChI=1S/C19H17N3O2S2/c1-2-3-10-24-14-8-6-13(7-9-14)17-20-19-22(21-17)18(23)16(26-19)12-15-5-4-11-25-15/h4-9,11-12H,2-3,10H2,1H3/b16-12-. The van der Waals surface area contributed by atoms with Crippen LogP contribution in [0.3, 0.4) is 0 Å². The van der Waals surface area contributed by atoms with Crippen LogP contribution in [0, 0.1) is 0 Å². The van der Waals surface area contributed by atoms with E-state index < -0.39 is 0 Å². The highest BCUT2D eigenvalue weighted by Gasteiger charge is 2.12. The molecule has 4 aromatic rings. The summed E-state index contributed by atoms with van der Waals surface area (Å²) in [4.78, 5) is 18.7. The van der Waals surface area contributed by atoms with E-state index in [0.717, 1.165) is 35.6 Å². The van der Waals surface area contributed by atoms with Gasteiger partial charge in [0.05, 0.1) is 11.1 Å². The molecule has 0 bridgehead atoms. The van der Waals surface area contributed by atoms with Gasteiger partial charge in [-0.2, -0.15) is 9.50 Å². The number of hydrogen-bond acceptors (Lipinski definition) is 6. The lowest BCUT2D eigenvalue weighted by molar-refractivity contribution is 0.309. The van der Waals surface area contributed by atoms with Crippen LogP contribution in [0.1, 0.15) is 24.6 Å². The molecule has 0 fully saturated rings. The highest BCUT2D eigenvalue weighted by molar-refractivity contribution is 7.15. The minimum Gasteiger partial charge on any atom is -0.494 e. The number of fused-ring (bicyclic) bond motifs is 1. The number of thiazole rings is 1. The molecule has 132 valence electrons. The third-order valence-corrected chi connectivity index (χ3v) is 5.66. The molecule has 0 aliphatic carbocycles. The molecule has 0 unspecified atom stereocenters. The summed E-state index contributed by atoms with van der Waals surface area (Å²) in [5.41, 5.74) is 0.739. The Morgan fingerprint density at radius 2 is 2.08 bits per heavy atom. The van der Waals surface area contributed by atoms with Gasteiger partial charge in [0.2, 0.25) is 4.96 Å². The van der Waals surface area contributed by atoms with Crippen LogP contribution in [0.25, 0.3) is 22.4 Å². The van der Waals surface area contributed by atoms with Crippen LogP contribution in [0.2, 0.25) is 0 Å². The third kappa shape index (κ3) is 3.40. The van der Waals surface area contributed by atoms with Crippen molar-refractivity contribution in [2.75, 3.05) is 6.61 Å². The summed E-state index contributed by atoms with van der Waals surface area (Å²) in [6.45, 7) is 2.85. The number of nitrogens with zero attached hydrogens (tertiary/aromatic N) is 3. The first-order valence-corrected chi connectivity index (χ1v) is 10.1. The molecule has 1 aromatic carbocycles. The molecule has 3 aromatic heterocycles. The van der Waals surface area contributed by atoms with Crippen molar-refractivity contribution < 1.29 is 4.74 Å². The Kier molecular flexibility index (Phi) is 4.81. The average molecular weight is 383 g/mol. The number of ether oxygens (including phenoxy) is 1. The van der Waals surface area contributed by atoms with Crippen molar-refractivity contribution in [2.45, 2.75) is 19.8 Å². The van der Waals surface area contributed by atoms with Crippen LogP contribution >= 0.6 is 22.7 Å². The van der Waals surface area contributed by atoms with Crippen LogP contribution in [0.5, 0.6) is 5.75 Å². The molecule has 4 rings (SSSR count). The second kappa shape index (κ2) is 7.39. The molecule has 7 heteroatoms. The summed E-state index contributed by atoms with van der Waals surface area (Å²) in [7, 11) is 0. The number of rotatable bonds is 6. The van der Waals surface area contributed by atoms with E-state index >= 15 is 0 Å². The molecule has 0 aliphatic rings. The molecule has 0 spiro atoms. The zero-order chi connectivity index (χ0) is 17.9. The van der Waals surface area contributed by atoms with Gasteiger partial charge < -0.3 is 4.74 Å². The molecular weight excluding hydrogens is 366 g/mol. The van der Waals surface area contributed by atoms with E-state index in [9.17, 15) is 4.79 Å². The lowest BCUT2D eigenvalue weighted by Gasteiger charge is -2.05. The molecule has 0 amide bonds. The third-order valence-electron chi connectivity index (χ3n) is 3.88. The molecule has 3 heterocycles. The maximum absolute atomic E-state index is 12.5. The molecule has 26 heavy (non-hydrogen) atoms. The molecule has 0 aliphatic heterocycles. The lowest BCUT2D eigenvalue weighted by atomic mass is 10.2. The maximum Gasteiger partial charge on any atom is 0.291 e. The monoisotopic (exact) mass is 383 g/mol. The second-order valence-electron chi connectivity index (χ2n) is 5.79. The Morgan fingerprint density at radius 3 is 2.77 bits per heavy atom. The Morgan fingerprint density at radius 1 is 1.23 bits per heavy atom. The summed E-state index contributed by atoms with van der Waals surface area (Å²) in [6, 6.07) is 11.6. The molecular formula is C19H17N3O2S2. The van der Waals surface area contributed by atoms with Crippen LogP contribution < -0.4 is 14.8 Å². The maximum atomic E-state index is 12.5. The van der Waals surface area contributed by atoms with Crippen molar-refractivity contribution >= 4 is 33.7 Å². The predicted molar refractivity (Wildman–Crippen MR) is 106 cm³/mol. The Bertz CT molecular complexity index is 1110. The largest absolute Gasteiger partial charge is 0.494 e. The fraction of sp³-hybridized carbons (Fsp3) is 0.211. The van der Waals surface area contributed by atoms with E-state index in [2.05, 4.69) is 17.0 Å². The van der Waals surface area contributed by atoms with Crippen molar-refractivity contribution in [3.63, 3.8) is 0 Å². The van der Waals surface area contributed by atoms with Gasteiger partial charge in [0.15, 0.2) is 5.82 Å². The molecule has 0 radical (unpaired) electrons. The number of unbranched alkanes of at least 4 members (excludes halogenated alkanes) is 1. The molecule has 5 nitrogen and oxygen atoms in total. The van der Waals surface area contributed by atoms with E-state index in [1.165, 1.54) is 15.9 Å². The first-order valence-electron chi connectivity index (χ1n) is 8.42. The molecule has 0 atom stereocenters. The summed E-state index contributed by atoms with van der Waals surface area (Å²) in [6.07, 6.45) is 4.03. The van der Waals surface area contributed by atoms with Crippen LogP contribution in [-0.4, -0.2) is 21.2 Å². The summed E-state index contributed by atoms with van der Waals surface area (Å²) >= 11 is 2.96. The van der Waals surface area contributed by atoms with Crippen LogP contribution in [0.4, 0.5) is 0 Å². The zero-order valence-corrected chi connectivity index (χ0v) is 15.8. The summed E-state index contributed by atoms with van der Waals surface area (Å²) in [5, 5.41) is 6.37. The van der Waals surface area contributed by atoms with Gasteiger partial charge >= 0.3 is 0 Å². The van der Waals surface area contributed by atoms with E-state index in [1.54, 1.807) is 11.3 Å². The van der Waals surface area contributed by atoms with Crippen molar-refractivity contribution in [3.05, 3.63) is 61.5 Å². The van der Waals surface area contributed by atoms with Crippen molar-refractivity contribution in [2.24, 2.45) is 0 Å². The fourth-order valence-electron chi connectivity index (χ4n) is 2.49. The smallest absolute Gasteiger partial charge is 0.291 e. The van der Waals surface area contributed by atoms with Gasteiger partial charge in [-0.15, -0.1) is 16.4 Å². The molecule has 0 saturated heterocycles. The van der Waals surface area contributed by atoms with E-state index in [4.69, 9.17) is 4.74 Å². The van der Waals surface area contributed by atoms with Gasteiger partial charge in [0, 0.05) is 10.4 Å². The Hall–Kier alpha value is -2.51. The average Bonchev–Trinajstić information content (AvgIpc) is 3.36. The fourth-order valence-corrected chi connectivity index (χ4v) is 4.12. The predicted octanol–water partition coefficient (Wildman–Crippen LogP) is 3.61. The van der Waals surface area contributed by atoms with Crippen molar-refractivity contribution in [3.8, 4) is 17.1 Å². The van der Waals surface area contributed by atoms with Gasteiger partial charge in [-0.05, 0) is 48.2 Å². The minimum atomic E-state index is -0.128. The van der Waals surface area contributed by atoms with Gasteiger partial charge in [-0.3, -0.25) is 4.79 Å². The number of thiophene rings is 1. The van der Waals surface area contributed by atoms with Gasteiger partial charge in [-0.1, -0.05) is 30.7 Å². The van der Waals surface area contributed by atoms with Gasteiger partial charge in [0.25, 0.3) is 5.56 Å². The summed E-state index contributed by atoms with van der Waals surface area (Å²) < 4.78 is 7.70. The number of hydrogen-bond donors (Lipinski definition) is 0. The van der Waals surface area contributed by atoms with Gasteiger partial charge in [0.1, 0.15) is 5.75 Å². The Labute approximate surface area is 158 Å². The second-order valence-corrected chi connectivity index (χ2v) is 7.78. The summed E-state index contributed by atoms with van der Waals surface area (Å²) in [5.74, 6) is 1.39.